The highest BCUT2D eigenvalue weighted by Gasteiger charge is 2.23. The number of hydrogen-bond donors (Lipinski definition) is 1. The highest BCUT2D eigenvalue weighted by molar-refractivity contribution is 7.09. The van der Waals surface area contributed by atoms with Gasteiger partial charge in [-0.05, 0) is 24.6 Å². The Balaban J connectivity index is 1.27. The summed E-state index contributed by atoms with van der Waals surface area (Å²) in [5, 5.41) is 6.19. The highest BCUT2D eigenvalue weighted by atomic mass is 32.1. The monoisotopic (exact) mass is 452 g/mol. The molecule has 2 amide bonds. The molecule has 0 unspecified atom stereocenters. The van der Waals surface area contributed by atoms with E-state index in [9.17, 15) is 9.59 Å². The zero-order valence-electron chi connectivity index (χ0n) is 18.2. The standard InChI is InChI=1S/C23H28N6O2S/c1-2-22-26-20(16-32-22)15-27-10-12-29(13-11-27)23(31)18-4-3-5-19(14-18)25-21(30)6-8-28-9-7-24-17-28/h3-5,7,9,14,16-17H,2,6,8,10-13,15H2,1H3,(H,25,30). The lowest BCUT2D eigenvalue weighted by Gasteiger charge is -2.34. The third kappa shape index (κ3) is 5.80. The van der Waals surface area contributed by atoms with Crippen LogP contribution in [0.5, 0.6) is 0 Å². The Morgan fingerprint density at radius 3 is 2.75 bits per heavy atom. The summed E-state index contributed by atoms with van der Waals surface area (Å²) in [5.74, 6) is -0.0914. The molecule has 0 saturated carbocycles. The van der Waals surface area contributed by atoms with Crippen molar-refractivity contribution in [1.29, 1.82) is 0 Å². The van der Waals surface area contributed by atoms with Gasteiger partial charge >= 0.3 is 0 Å². The van der Waals surface area contributed by atoms with Crippen LogP contribution in [-0.2, 0) is 24.3 Å². The number of amides is 2. The van der Waals surface area contributed by atoms with Gasteiger partial charge in [0.25, 0.3) is 5.91 Å². The van der Waals surface area contributed by atoms with Crippen molar-refractivity contribution in [3.05, 3.63) is 64.6 Å². The van der Waals surface area contributed by atoms with Crippen molar-refractivity contribution in [1.82, 2.24) is 24.3 Å². The molecule has 1 fully saturated rings. The molecular formula is C23H28N6O2S. The second-order valence-electron chi connectivity index (χ2n) is 7.83. The van der Waals surface area contributed by atoms with E-state index in [0.717, 1.165) is 31.7 Å². The molecule has 1 saturated heterocycles. The number of anilines is 1. The van der Waals surface area contributed by atoms with Crippen LogP contribution in [0, 0.1) is 0 Å². The molecule has 168 valence electrons. The lowest BCUT2D eigenvalue weighted by atomic mass is 10.1. The number of benzene rings is 1. The van der Waals surface area contributed by atoms with Crippen molar-refractivity contribution in [3.63, 3.8) is 0 Å². The number of hydrogen-bond acceptors (Lipinski definition) is 6. The van der Waals surface area contributed by atoms with E-state index in [0.29, 0.717) is 37.3 Å². The van der Waals surface area contributed by atoms with Crippen LogP contribution in [0.1, 0.15) is 34.4 Å². The quantitative estimate of drug-likeness (QED) is 0.568. The molecule has 1 aliphatic heterocycles. The van der Waals surface area contributed by atoms with Crippen molar-refractivity contribution >= 4 is 28.8 Å². The average molecular weight is 453 g/mol. The number of aromatic nitrogens is 3. The predicted molar refractivity (Wildman–Crippen MR) is 125 cm³/mol. The Hall–Kier alpha value is -3.04. The van der Waals surface area contributed by atoms with E-state index in [1.165, 1.54) is 5.01 Å². The maximum Gasteiger partial charge on any atom is 0.254 e. The predicted octanol–water partition coefficient (Wildman–Crippen LogP) is 2.89. The van der Waals surface area contributed by atoms with Crippen LogP contribution in [0.4, 0.5) is 5.69 Å². The van der Waals surface area contributed by atoms with Crippen LogP contribution in [0.3, 0.4) is 0 Å². The Labute approximate surface area is 191 Å². The summed E-state index contributed by atoms with van der Waals surface area (Å²) in [6, 6.07) is 7.17. The minimum Gasteiger partial charge on any atom is -0.337 e. The van der Waals surface area contributed by atoms with Crippen LogP contribution in [-0.4, -0.2) is 62.3 Å². The highest BCUT2D eigenvalue weighted by Crippen LogP contribution is 2.17. The van der Waals surface area contributed by atoms with Gasteiger partial charge in [0.05, 0.1) is 17.0 Å². The molecule has 2 aromatic heterocycles. The summed E-state index contributed by atoms with van der Waals surface area (Å²) in [4.78, 5) is 38.1. The number of carbonyl (C=O) groups excluding carboxylic acids is 2. The lowest BCUT2D eigenvalue weighted by Crippen LogP contribution is -2.48. The molecule has 3 aromatic rings. The van der Waals surface area contributed by atoms with E-state index in [1.807, 2.05) is 27.8 Å². The van der Waals surface area contributed by atoms with Crippen molar-refractivity contribution in [2.24, 2.45) is 0 Å². The van der Waals surface area contributed by atoms with Crippen LogP contribution in [0.25, 0.3) is 0 Å². The van der Waals surface area contributed by atoms with E-state index in [1.54, 1.807) is 36.0 Å². The number of thiazole rings is 1. The molecule has 0 bridgehead atoms. The molecule has 32 heavy (non-hydrogen) atoms. The van der Waals surface area contributed by atoms with Crippen molar-refractivity contribution in [2.45, 2.75) is 32.9 Å². The van der Waals surface area contributed by atoms with Gasteiger partial charge in [-0.15, -0.1) is 11.3 Å². The number of nitrogens with zero attached hydrogens (tertiary/aromatic N) is 5. The van der Waals surface area contributed by atoms with E-state index in [4.69, 9.17) is 0 Å². The van der Waals surface area contributed by atoms with E-state index < -0.39 is 0 Å². The fourth-order valence-electron chi connectivity index (χ4n) is 3.71. The summed E-state index contributed by atoms with van der Waals surface area (Å²) >= 11 is 1.71. The SMILES string of the molecule is CCc1nc(CN2CCN(C(=O)c3cccc(NC(=O)CCn4ccnc4)c3)CC2)cs1. The summed E-state index contributed by atoms with van der Waals surface area (Å²) in [6.45, 7) is 6.55. The van der Waals surface area contributed by atoms with Gasteiger partial charge in [0, 0.05) is 74.7 Å². The molecule has 1 N–H and O–H groups in total. The Bertz CT molecular complexity index is 1040. The van der Waals surface area contributed by atoms with Crippen molar-refractivity contribution in [2.75, 3.05) is 31.5 Å². The Morgan fingerprint density at radius 2 is 2.03 bits per heavy atom. The topological polar surface area (TPSA) is 83.4 Å². The molecule has 3 heterocycles. The molecule has 0 atom stereocenters. The smallest absolute Gasteiger partial charge is 0.254 e. The first-order valence-corrected chi connectivity index (χ1v) is 11.8. The fourth-order valence-corrected chi connectivity index (χ4v) is 4.44. The molecule has 0 spiro atoms. The summed E-state index contributed by atoms with van der Waals surface area (Å²) in [7, 11) is 0. The van der Waals surface area contributed by atoms with E-state index in [2.05, 4.69) is 32.5 Å². The van der Waals surface area contributed by atoms with Gasteiger partial charge in [0.15, 0.2) is 0 Å². The minimum absolute atomic E-state index is 0.00101. The zero-order valence-corrected chi connectivity index (χ0v) is 19.1. The largest absolute Gasteiger partial charge is 0.337 e. The van der Waals surface area contributed by atoms with Crippen LogP contribution in [0.2, 0.25) is 0 Å². The second-order valence-corrected chi connectivity index (χ2v) is 8.78. The number of carbonyl (C=O) groups is 2. The Kier molecular flexibility index (Phi) is 7.28. The van der Waals surface area contributed by atoms with Gasteiger partial charge in [-0.2, -0.15) is 0 Å². The molecule has 1 aliphatic rings. The maximum absolute atomic E-state index is 13.0. The molecule has 8 nitrogen and oxygen atoms in total. The molecule has 0 radical (unpaired) electrons. The number of aryl methyl sites for hydroxylation is 2. The first-order valence-electron chi connectivity index (χ1n) is 10.9. The first kappa shape index (κ1) is 22.2. The summed E-state index contributed by atoms with van der Waals surface area (Å²) in [6.07, 6.45) is 6.51. The summed E-state index contributed by atoms with van der Waals surface area (Å²) in [5.41, 5.74) is 2.35. The maximum atomic E-state index is 13.0. The van der Waals surface area contributed by atoms with Gasteiger partial charge in [-0.1, -0.05) is 13.0 Å². The zero-order chi connectivity index (χ0) is 22.3. The molecular weight excluding hydrogens is 424 g/mol. The van der Waals surface area contributed by atoms with E-state index >= 15 is 0 Å². The van der Waals surface area contributed by atoms with Crippen LogP contribution in [0.15, 0.2) is 48.4 Å². The van der Waals surface area contributed by atoms with Gasteiger partial charge in [-0.3, -0.25) is 14.5 Å². The average Bonchev–Trinajstić information content (AvgIpc) is 3.50. The molecule has 4 rings (SSSR count). The number of rotatable bonds is 8. The lowest BCUT2D eigenvalue weighted by molar-refractivity contribution is -0.116. The third-order valence-corrected chi connectivity index (χ3v) is 6.54. The van der Waals surface area contributed by atoms with Crippen LogP contribution >= 0.6 is 11.3 Å². The van der Waals surface area contributed by atoms with Gasteiger partial charge < -0.3 is 14.8 Å². The van der Waals surface area contributed by atoms with Gasteiger partial charge in [0.2, 0.25) is 5.91 Å². The van der Waals surface area contributed by atoms with Crippen molar-refractivity contribution < 1.29 is 9.59 Å². The van der Waals surface area contributed by atoms with E-state index in [-0.39, 0.29) is 11.8 Å². The van der Waals surface area contributed by atoms with Gasteiger partial charge in [0.1, 0.15) is 0 Å². The third-order valence-electron chi connectivity index (χ3n) is 5.50. The normalized spacial score (nSPS) is 14.5. The van der Waals surface area contributed by atoms with Gasteiger partial charge in [-0.25, -0.2) is 9.97 Å². The number of piperazine rings is 1. The second kappa shape index (κ2) is 10.5. The summed E-state index contributed by atoms with van der Waals surface area (Å²) < 4.78 is 1.86. The number of imidazole rings is 1. The molecule has 1 aromatic carbocycles. The minimum atomic E-state index is -0.0924. The van der Waals surface area contributed by atoms with Crippen molar-refractivity contribution in [3.8, 4) is 0 Å². The molecule has 9 heteroatoms. The Morgan fingerprint density at radius 1 is 1.19 bits per heavy atom. The fraction of sp³-hybridized carbons (Fsp3) is 0.391. The molecule has 0 aliphatic carbocycles. The van der Waals surface area contributed by atoms with Crippen LogP contribution < -0.4 is 5.32 Å². The number of nitrogens with one attached hydrogen (secondary N) is 1. The first-order chi connectivity index (χ1) is 15.6.